The number of carbonyl (C=O) groups is 1. The molecule has 7 heteroatoms. The minimum absolute atomic E-state index is 0.00850. The summed E-state index contributed by atoms with van der Waals surface area (Å²) in [4.78, 5) is 11.8. The number of aliphatic hydroxyl groups is 1. The van der Waals surface area contributed by atoms with Gasteiger partial charge in [-0.15, -0.1) is 0 Å². The van der Waals surface area contributed by atoms with Crippen LogP contribution in [0.3, 0.4) is 0 Å². The molecule has 0 aromatic heterocycles. The molecule has 0 radical (unpaired) electrons. The number of thioether (sulfide) groups is 1. The highest BCUT2D eigenvalue weighted by Gasteiger charge is 2.29. The van der Waals surface area contributed by atoms with Crippen LogP contribution in [0.25, 0.3) is 0 Å². The molecule has 1 aromatic rings. The molecule has 0 bridgehead atoms. The second-order valence-electron chi connectivity index (χ2n) is 4.30. The first kappa shape index (κ1) is 14.9. The maximum atomic E-state index is 12.1. The minimum Gasteiger partial charge on any atom is -0.392 e. The van der Waals surface area contributed by atoms with E-state index >= 15 is 0 Å². The molecular formula is C13H12F3NO2S. The van der Waals surface area contributed by atoms with E-state index in [1.165, 1.54) is 24.3 Å². The molecular weight excluding hydrogens is 291 g/mol. The summed E-state index contributed by atoms with van der Waals surface area (Å²) in [6, 6.07) is 5.25. The molecule has 0 heterocycles. The molecule has 0 saturated carbocycles. The smallest absolute Gasteiger partial charge is 0.392 e. The number of benzene rings is 1. The van der Waals surface area contributed by atoms with E-state index in [4.69, 9.17) is 5.11 Å². The third-order valence-corrected chi connectivity index (χ3v) is 3.54. The van der Waals surface area contributed by atoms with E-state index in [-0.39, 0.29) is 29.2 Å². The summed E-state index contributed by atoms with van der Waals surface area (Å²) in [6.45, 7) is 0.377. The van der Waals surface area contributed by atoms with Gasteiger partial charge in [0.15, 0.2) is 0 Å². The number of aliphatic hydroxyl groups excluding tert-OH is 1. The molecule has 2 rings (SSSR count). The fourth-order valence-electron chi connectivity index (χ4n) is 1.67. The summed E-state index contributed by atoms with van der Waals surface area (Å²) in [5, 5.41) is 11.5. The van der Waals surface area contributed by atoms with Gasteiger partial charge in [0, 0.05) is 17.0 Å². The fourth-order valence-corrected chi connectivity index (χ4v) is 2.21. The summed E-state index contributed by atoms with van der Waals surface area (Å²) < 4.78 is 36.4. The molecule has 0 atom stereocenters. The monoisotopic (exact) mass is 303 g/mol. The van der Waals surface area contributed by atoms with E-state index in [0.29, 0.717) is 12.1 Å². The number of halogens is 3. The predicted octanol–water partition coefficient (Wildman–Crippen LogP) is 2.72. The number of amides is 1. The van der Waals surface area contributed by atoms with E-state index in [2.05, 4.69) is 5.32 Å². The SMILES string of the molecule is O=C(NCC1=C(CO)C1)c1ccc(SC(F)(F)F)cc1. The van der Waals surface area contributed by atoms with Gasteiger partial charge in [-0.05, 0) is 53.6 Å². The molecule has 1 amide bonds. The summed E-state index contributed by atoms with van der Waals surface area (Å²) in [6.07, 6.45) is 0.734. The van der Waals surface area contributed by atoms with E-state index in [0.717, 1.165) is 17.6 Å². The Morgan fingerprint density at radius 1 is 1.25 bits per heavy atom. The topological polar surface area (TPSA) is 49.3 Å². The molecule has 0 aliphatic heterocycles. The Hall–Kier alpha value is -1.47. The van der Waals surface area contributed by atoms with Crippen LogP contribution >= 0.6 is 11.8 Å². The Kier molecular flexibility index (Phi) is 4.39. The zero-order valence-electron chi connectivity index (χ0n) is 10.3. The number of nitrogens with one attached hydrogen (secondary N) is 1. The lowest BCUT2D eigenvalue weighted by Gasteiger charge is -2.06. The summed E-state index contributed by atoms with van der Waals surface area (Å²) in [5.74, 6) is -0.342. The van der Waals surface area contributed by atoms with E-state index < -0.39 is 5.51 Å². The van der Waals surface area contributed by atoms with Crippen molar-refractivity contribution < 1.29 is 23.1 Å². The van der Waals surface area contributed by atoms with Crippen LogP contribution in [0, 0.1) is 0 Å². The maximum Gasteiger partial charge on any atom is 0.446 e. The van der Waals surface area contributed by atoms with Crippen LogP contribution in [0.15, 0.2) is 40.3 Å². The quantitative estimate of drug-likeness (QED) is 0.649. The molecule has 3 nitrogen and oxygen atoms in total. The van der Waals surface area contributed by atoms with Gasteiger partial charge in [-0.3, -0.25) is 4.79 Å². The van der Waals surface area contributed by atoms with Crippen molar-refractivity contribution in [3.63, 3.8) is 0 Å². The van der Waals surface area contributed by atoms with Gasteiger partial charge in [-0.25, -0.2) is 0 Å². The second kappa shape index (κ2) is 5.88. The number of hydrogen-bond acceptors (Lipinski definition) is 3. The van der Waals surface area contributed by atoms with Crippen LogP contribution in [-0.4, -0.2) is 29.7 Å². The standard InChI is InChI=1S/C13H12F3NO2S/c14-13(15,16)20-11-3-1-8(2-4-11)12(19)17-6-9-5-10(9)7-18/h1-4,18H,5-7H2,(H,17,19). The van der Waals surface area contributed by atoms with Gasteiger partial charge in [0.2, 0.25) is 0 Å². The van der Waals surface area contributed by atoms with Crippen molar-refractivity contribution in [2.45, 2.75) is 16.8 Å². The highest BCUT2D eigenvalue weighted by molar-refractivity contribution is 8.00. The largest absolute Gasteiger partial charge is 0.446 e. The van der Waals surface area contributed by atoms with Gasteiger partial charge in [-0.1, -0.05) is 0 Å². The Labute approximate surface area is 117 Å². The van der Waals surface area contributed by atoms with Gasteiger partial charge in [0.25, 0.3) is 5.91 Å². The van der Waals surface area contributed by atoms with Gasteiger partial charge >= 0.3 is 5.51 Å². The van der Waals surface area contributed by atoms with E-state index in [1.54, 1.807) is 0 Å². The Bertz CT molecular complexity index is 538. The zero-order valence-corrected chi connectivity index (χ0v) is 11.1. The van der Waals surface area contributed by atoms with Gasteiger partial charge < -0.3 is 10.4 Å². The number of rotatable bonds is 5. The van der Waals surface area contributed by atoms with Crippen molar-refractivity contribution in [2.75, 3.05) is 13.2 Å². The van der Waals surface area contributed by atoms with Crippen molar-refractivity contribution in [1.82, 2.24) is 5.32 Å². The highest BCUT2D eigenvalue weighted by Crippen LogP contribution is 2.36. The van der Waals surface area contributed by atoms with Crippen LogP contribution in [0.4, 0.5) is 13.2 Å². The lowest BCUT2D eigenvalue weighted by atomic mass is 10.2. The third kappa shape index (κ3) is 4.28. The number of alkyl halides is 3. The first-order valence-electron chi connectivity index (χ1n) is 5.83. The average Bonchev–Trinajstić information content (AvgIpc) is 3.13. The second-order valence-corrected chi connectivity index (χ2v) is 5.44. The number of hydrogen-bond donors (Lipinski definition) is 2. The van der Waals surface area contributed by atoms with Crippen LogP contribution in [-0.2, 0) is 0 Å². The van der Waals surface area contributed by atoms with Crippen LogP contribution in [0.1, 0.15) is 16.8 Å². The summed E-state index contributed by atoms with van der Waals surface area (Å²) in [5.41, 5.74) is -2.08. The number of carbonyl (C=O) groups excluding carboxylic acids is 1. The van der Waals surface area contributed by atoms with Gasteiger partial charge in [0.05, 0.1) is 6.61 Å². The van der Waals surface area contributed by atoms with E-state index in [1.807, 2.05) is 0 Å². The molecule has 1 aliphatic carbocycles. The minimum atomic E-state index is -4.33. The Balaban J connectivity index is 1.89. The lowest BCUT2D eigenvalue weighted by molar-refractivity contribution is -0.0328. The van der Waals surface area contributed by atoms with Crippen molar-refractivity contribution >= 4 is 17.7 Å². The van der Waals surface area contributed by atoms with Gasteiger partial charge in [-0.2, -0.15) is 13.2 Å². The first-order chi connectivity index (χ1) is 9.39. The molecule has 0 saturated heterocycles. The molecule has 1 aromatic carbocycles. The molecule has 0 spiro atoms. The Morgan fingerprint density at radius 3 is 2.40 bits per heavy atom. The normalized spacial score (nSPS) is 14.4. The summed E-state index contributed by atoms with van der Waals surface area (Å²) in [7, 11) is 0. The molecule has 20 heavy (non-hydrogen) atoms. The van der Waals surface area contributed by atoms with Crippen molar-refractivity contribution in [3.05, 3.63) is 41.0 Å². The summed E-state index contributed by atoms with van der Waals surface area (Å²) >= 11 is -0.214. The van der Waals surface area contributed by atoms with Crippen molar-refractivity contribution in [3.8, 4) is 0 Å². The molecule has 1 aliphatic rings. The Morgan fingerprint density at radius 2 is 1.90 bits per heavy atom. The van der Waals surface area contributed by atoms with Crippen molar-refractivity contribution in [2.24, 2.45) is 0 Å². The average molecular weight is 303 g/mol. The molecule has 2 N–H and O–H groups in total. The maximum absolute atomic E-state index is 12.1. The molecule has 0 fully saturated rings. The van der Waals surface area contributed by atoms with Crippen molar-refractivity contribution in [1.29, 1.82) is 0 Å². The third-order valence-electron chi connectivity index (χ3n) is 2.81. The fraction of sp³-hybridized carbons (Fsp3) is 0.308. The lowest BCUT2D eigenvalue weighted by Crippen LogP contribution is -2.24. The van der Waals surface area contributed by atoms with Crippen LogP contribution in [0.2, 0.25) is 0 Å². The van der Waals surface area contributed by atoms with Crippen LogP contribution in [0.5, 0.6) is 0 Å². The van der Waals surface area contributed by atoms with Crippen LogP contribution < -0.4 is 5.32 Å². The van der Waals surface area contributed by atoms with E-state index in [9.17, 15) is 18.0 Å². The molecule has 0 unspecified atom stereocenters. The zero-order chi connectivity index (χ0) is 14.8. The first-order valence-corrected chi connectivity index (χ1v) is 6.65. The molecule has 108 valence electrons. The highest BCUT2D eigenvalue weighted by atomic mass is 32.2. The predicted molar refractivity (Wildman–Crippen MR) is 69.4 cm³/mol. The van der Waals surface area contributed by atoms with Gasteiger partial charge in [0.1, 0.15) is 0 Å².